The molecule has 1 saturated carbocycles. The number of amides is 2. The number of hydrogen-bond donors (Lipinski definition) is 2. The van der Waals surface area contributed by atoms with E-state index in [1.54, 1.807) is 0 Å². The third-order valence-electron chi connectivity index (χ3n) is 3.08. The minimum Gasteiger partial charge on any atom is -0.480 e. The summed E-state index contributed by atoms with van der Waals surface area (Å²) in [6, 6.07) is 7.66. The van der Waals surface area contributed by atoms with Gasteiger partial charge >= 0.3 is 12.0 Å². The normalized spacial score (nSPS) is 13.9. The Hall–Kier alpha value is -2.04. The van der Waals surface area contributed by atoms with Gasteiger partial charge in [0.2, 0.25) is 0 Å². The lowest BCUT2D eigenvalue weighted by atomic mass is 10.1. The van der Waals surface area contributed by atoms with E-state index in [4.69, 9.17) is 5.11 Å². The molecular weight excluding hydrogens is 244 g/mol. The number of aliphatic carboxylic acids is 1. The minimum absolute atomic E-state index is 0.0913. The maximum absolute atomic E-state index is 12.0. The lowest BCUT2D eigenvalue weighted by Gasteiger charge is -2.20. The molecule has 0 bridgehead atoms. The van der Waals surface area contributed by atoms with Gasteiger partial charge in [-0.1, -0.05) is 29.8 Å². The summed E-state index contributed by atoms with van der Waals surface area (Å²) in [4.78, 5) is 24.1. The monoisotopic (exact) mass is 262 g/mol. The second-order valence-corrected chi connectivity index (χ2v) is 4.90. The van der Waals surface area contributed by atoms with E-state index >= 15 is 0 Å². The molecule has 0 aliphatic heterocycles. The Morgan fingerprint density at radius 1 is 1.42 bits per heavy atom. The topological polar surface area (TPSA) is 69.6 Å². The first-order valence-corrected chi connectivity index (χ1v) is 6.38. The fraction of sp³-hybridized carbons (Fsp3) is 0.429. The van der Waals surface area contributed by atoms with E-state index in [0.29, 0.717) is 6.54 Å². The van der Waals surface area contributed by atoms with Crippen molar-refractivity contribution in [2.24, 2.45) is 0 Å². The zero-order chi connectivity index (χ0) is 13.8. The van der Waals surface area contributed by atoms with Gasteiger partial charge in [0.05, 0.1) is 0 Å². The van der Waals surface area contributed by atoms with Gasteiger partial charge in [0.15, 0.2) is 0 Å². The number of carbonyl (C=O) groups excluding carboxylic acids is 1. The lowest BCUT2D eigenvalue weighted by Crippen LogP contribution is -2.43. The molecule has 1 aliphatic rings. The van der Waals surface area contributed by atoms with Crippen LogP contribution in [-0.4, -0.2) is 34.6 Å². The van der Waals surface area contributed by atoms with Gasteiger partial charge in [0, 0.05) is 12.6 Å². The Labute approximate surface area is 112 Å². The molecule has 0 saturated heterocycles. The average Bonchev–Trinajstić information content (AvgIpc) is 3.17. The standard InChI is InChI=1S/C14H18N2O3/c1-10-3-2-4-11(7-10)8-15-14(19)16(9-13(17)18)12-5-6-12/h2-4,7,12H,5-6,8-9H2,1H3,(H,15,19)(H,17,18). The molecule has 0 spiro atoms. The van der Waals surface area contributed by atoms with Crippen molar-refractivity contribution < 1.29 is 14.7 Å². The first-order valence-electron chi connectivity index (χ1n) is 6.38. The van der Waals surface area contributed by atoms with Crippen LogP contribution in [0.2, 0.25) is 0 Å². The third kappa shape index (κ3) is 3.98. The Balaban J connectivity index is 1.90. The second-order valence-electron chi connectivity index (χ2n) is 4.90. The van der Waals surface area contributed by atoms with Crippen LogP contribution in [0.15, 0.2) is 24.3 Å². The van der Waals surface area contributed by atoms with Gasteiger partial charge in [-0.3, -0.25) is 4.79 Å². The Bertz CT molecular complexity index is 483. The molecule has 2 N–H and O–H groups in total. The third-order valence-corrected chi connectivity index (χ3v) is 3.08. The first-order chi connectivity index (χ1) is 9.06. The fourth-order valence-corrected chi connectivity index (χ4v) is 2.00. The van der Waals surface area contributed by atoms with E-state index < -0.39 is 5.97 Å². The highest BCUT2D eigenvalue weighted by atomic mass is 16.4. The van der Waals surface area contributed by atoms with Crippen molar-refractivity contribution in [2.45, 2.75) is 32.4 Å². The Kier molecular flexibility index (Phi) is 4.04. The largest absolute Gasteiger partial charge is 0.480 e. The molecule has 0 unspecified atom stereocenters. The number of carboxylic acid groups (broad SMARTS) is 1. The van der Waals surface area contributed by atoms with Crippen LogP contribution in [0, 0.1) is 6.92 Å². The van der Waals surface area contributed by atoms with Gasteiger partial charge in [-0.25, -0.2) is 4.79 Å². The van der Waals surface area contributed by atoms with Crippen LogP contribution in [0.25, 0.3) is 0 Å². The van der Waals surface area contributed by atoms with Crippen molar-refractivity contribution in [3.05, 3.63) is 35.4 Å². The van der Waals surface area contributed by atoms with Gasteiger partial charge in [-0.05, 0) is 25.3 Å². The van der Waals surface area contributed by atoms with Crippen molar-refractivity contribution in [3.63, 3.8) is 0 Å². The highest BCUT2D eigenvalue weighted by Gasteiger charge is 2.33. The first kappa shape index (κ1) is 13.4. The number of carbonyl (C=O) groups is 2. The number of hydrogen-bond acceptors (Lipinski definition) is 2. The molecule has 1 aromatic rings. The second kappa shape index (κ2) is 5.73. The highest BCUT2D eigenvalue weighted by molar-refractivity contribution is 5.80. The maximum atomic E-state index is 12.0. The van der Waals surface area contributed by atoms with E-state index in [-0.39, 0.29) is 18.6 Å². The lowest BCUT2D eigenvalue weighted by molar-refractivity contribution is -0.137. The van der Waals surface area contributed by atoms with Crippen molar-refractivity contribution in [3.8, 4) is 0 Å². The number of urea groups is 1. The number of benzene rings is 1. The molecular formula is C14H18N2O3. The summed E-state index contributed by atoms with van der Waals surface area (Å²) in [5.41, 5.74) is 2.15. The number of nitrogens with zero attached hydrogens (tertiary/aromatic N) is 1. The molecule has 102 valence electrons. The summed E-state index contributed by atoms with van der Waals surface area (Å²) < 4.78 is 0. The van der Waals surface area contributed by atoms with Crippen molar-refractivity contribution in [1.82, 2.24) is 10.2 Å². The molecule has 2 amide bonds. The number of rotatable bonds is 5. The van der Waals surface area contributed by atoms with Crippen LogP contribution in [-0.2, 0) is 11.3 Å². The molecule has 2 rings (SSSR count). The van der Waals surface area contributed by atoms with Crippen LogP contribution in [0.1, 0.15) is 24.0 Å². The van der Waals surface area contributed by atoms with E-state index in [2.05, 4.69) is 5.32 Å². The highest BCUT2D eigenvalue weighted by Crippen LogP contribution is 2.26. The van der Waals surface area contributed by atoms with Crippen molar-refractivity contribution in [1.29, 1.82) is 0 Å². The molecule has 19 heavy (non-hydrogen) atoms. The summed E-state index contributed by atoms with van der Waals surface area (Å²) >= 11 is 0. The molecule has 0 atom stereocenters. The average molecular weight is 262 g/mol. The molecule has 1 aliphatic carbocycles. The maximum Gasteiger partial charge on any atom is 0.323 e. The Morgan fingerprint density at radius 2 is 2.16 bits per heavy atom. The SMILES string of the molecule is Cc1cccc(CNC(=O)N(CC(=O)O)C2CC2)c1. The van der Waals surface area contributed by atoms with Gasteiger partial charge in [0.1, 0.15) is 6.54 Å². The number of aryl methyl sites for hydroxylation is 1. The quantitative estimate of drug-likeness (QED) is 0.849. The van der Waals surface area contributed by atoms with Crippen molar-refractivity contribution in [2.75, 3.05) is 6.54 Å². The Morgan fingerprint density at radius 3 is 2.74 bits per heavy atom. The molecule has 1 fully saturated rings. The summed E-state index contributed by atoms with van der Waals surface area (Å²) in [7, 11) is 0. The summed E-state index contributed by atoms with van der Waals surface area (Å²) in [6.07, 6.45) is 1.79. The molecule has 5 nitrogen and oxygen atoms in total. The number of carboxylic acids is 1. The van der Waals surface area contributed by atoms with E-state index in [1.807, 2.05) is 31.2 Å². The van der Waals surface area contributed by atoms with Crippen LogP contribution in [0.5, 0.6) is 0 Å². The molecule has 5 heteroatoms. The van der Waals surface area contributed by atoms with Crippen LogP contribution in [0.3, 0.4) is 0 Å². The van der Waals surface area contributed by atoms with Gasteiger partial charge in [-0.2, -0.15) is 0 Å². The van der Waals surface area contributed by atoms with Crippen molar-refractivity contribution >= 4 is 12.0 Å². The van der Waals surface area contributed by atoms with Crippen LogP contribution in [0.4, 0.5) is 4.79 Å². The van der Waals surface area contributed by atoms with Crippen LogP contribution < -0.4 is 5.32 Å². The predicted octanol–water partition coefficient (Wildman–Crippen LogP) is 1.75. The summed E-state index contributed by atoms with van der Waals surface area (Å²) in [5, 5.41) is 11.6. The van der Waals surface area contributed by atoms with E-state index in [1.165, 1.54) is 4.90 Å². The number of nitrogens with one attached hydrogen (secondary N) is 1. The zero-order valence-electron chi connectivity index (χ0n) is 10.9. The molecule has 0 aromatic heterocycles. The smallest absolute Gasteiger partial charge is 0.323 e. The summed E-state index contributed by atoms with van der Waals surface area (Å²) in [6.45, 7) is 2.18. The van der Waals surface area contributed by atoms with E-state index in [9.17, 15) is 9.59 Å². The zero-order valence-corrected chi connectivity index (χ0v) is 10.9. The van der Waals surface area contributed by atoms with Gasteiger partial charge in [-0.15, -0.1) is 0 Å². The predicted molar refractivity (Wildman–Crippen MR) is 70.8 cm³/mol. The van der Waals surface area contributed by atoms with Gasteiger partial charge < -0.3 is 15.3 Å². The molecule has 1 aromatic carbocycles. The van der Waals surface area contributed by atoms with E-state index in [0.717, 1.165) is 24.0 Å². The molecule has 0 radical (unpaired) electrons. The van der Waals surface area contributed by atoms with Crippen LogP contribution >= 0.6 is 0 Å². The summed E-state index contributed by atoms with van der Waals surface area (Å²) in [5.74, 6) is -0.974. The molecule has 0 heterocycles. The minimum atomic E-state index is -0.974. The van der Waals surface area contributed by atoms with Gasteiger partial charge in [0.25, 0.3) is 0 Å². The fourth-order valence-electron chi connectivity index (χ4n) is 2.00.